The fourth-order valence-corrected chi connectivity index (χ4v) is 3.06. The maximum absolute atomic E-state index is 13.1. The Kier molecular flexibility index (Phi) is 4.77. The van der Waals surface area contributed by atoms with Crippen molar-refractivity contribution in [3.05, 3.63) is 39.7 Å². The van der Waals surface area contributed by atoms with E-state index in [4.69, 9.17) is 11.6 Å². The van der Waals surface area contributed by atoms with Gasteiger partial charge in [-0.2, -0.15) is 0 Å². The third-order valence-electron chi connectivity index (χ3n) is 3.97. The minimum absolute atomic E-state index is 0.133. The Balaban J connectivity index is 2.12. The molecule has 0 atom stereocenters. The minimum atomic E-state index is -0.759. The lowest BCUT2D eigenvalue weighted by molar-refractivity contribution is -0.385. The van der Waals surface area contributed by atoms with Gasteiger partial charge in [0.15, 0.2) is 0 Å². The SMILES string of the molecule is O=C(NCC1(CCl)CCCC1)c1ccc(F)cc1[N+](=O)[O-]. The van der Waals surface area contributed by atoms with Crippen molar-refractivity contribution in [2.75, 3.05) is 12.4 Å². The fourth-order valence-electron chi connectivity index (χ4n) is 2.69. The summed E-state index contributed by atoms with van der Waals surface area (Å²) >= 11 is 5.99. The van der Waals surface area contributed by atoms with Gasteiger partial charge in [-0.3, -0.25) is 14.9 Å². The third kappa shape index (κ3) is 3.50. The number of amides is 1. The number of rotatable bonds is 5. The van der Waals surface area contributed by atoms with Crippen LogP contribution in [0.25, 0.3) is 0 Å². The first-order chi connectivity index (χ1) is 9.97. The van der Waals surface area contributed by atoms with E-state index >= 15 is 0 Å². The van der Waals surface area contributed by atoms with Crippen LogP contribution in [0.1, 0.15) is 36.0 Å². The van der Waals surface area contributed by atoms with Gasteiger partial charge in [-0.05, 0) is 25.0 Å². The number of alkyl halides is 1. The Morgan fingerprint density at radius 1 is 1.43 bits per heavy atom. The van der Waals surface area contributed by atoms with E-state index in [0.29, 0.717) is 12.4 Å². The van der Waals surface area contributed by atoms with Crippen LogP contribution in [0, 0.1) is 21.3 Å². The largest absolute Gasteiger partial charge is 0.351 e. The van der Waals surface area contributed by atoms with E-state index in [1.54, 1.807) is 0 Å². The first kappa shape index (κ1) is 15.7. The van der Waals surface area contributed by atoms with Gasteiger partial charge in [0.1, 0.15) is 11.4 Å². The van der Waals surface area contributed by atoms with Crippen LogP contribution in [-0.4, -0.2) is 23.3 Å². The van der Waals surface area contributed by atoms with E-state index in [-0.39, 0.29) is 11.0 Å². The van der Waals surface area contributed by atoms with E-state index in [9.17, 15) is 19.3 Å². The van der Waals surface area contributed by atoms with Crippen LogP contribution in [0.3, 0.4) is 0 Å². The Morgan fingerprint density at radius 3 is 2.67 bits per heavy atom. The summed E-state index contributed by atoms with van der Waals surface area (Å²) in [6.45, 7) is 0.379. The monoisotopic (exact) mass is 314 g/mol. The summed E-state index contributed by atoms with van der Waals surface area (Å²) in [7, 11) is 0. The van der Waals surface area contributed by atoms with E-state index in [1.807, 2.05) is 0 Å². The number of benzene rings is 1. The molecule has 1 aromatic carbocycles. The minimum Gasteiger partial charge on any atom is -0.351 e. The van der Waals surface area contributed by atoms with Crippen LogP contribution in [0.15, 0.2) is 18.2 Å². The highest BCUT2D eigenvalue weighted by Gasteiger charge is 2.34. The van der Waals surface area contributed by atoms with Gasteiger partial charge in [0, 0.05) is 17.8 Å². The molecule has 2 rings (SSSR count). The van der Waals surface area contributed by atoms with Gasteiger partial charge in [-0.25, -0.2) is 4.39 Å². The highest BCUT2D eigenvalue weighted by atomic mass is 35.5. The predicted octanol–water partition coefficient (Wildman–Crippen LogP) is 3.26. The molecular formula is C14H16ClFN2O3. The lowest BCUT2D eigenvalue weighted by Gasteiger charge is -2.26. The number of nitro benzene ring substituents is 1. The van der Waals surface area contributed by atoms with Crippen molar-refractivity contribution < 1.29 is 14.1 Å². The summed E-state index contributed by atoms with van der Waals surface area (Å²) in [6, 6.07) is 2.92. The van der Waals surface area contributed by atoms with Crippen LogP contribution in [0.5, 0.6) is 0 Å². The van der Waals surface area contributed by atoms with Crippen LogP contribution in [-0.2, 0) is 0 Å². The average molecular weight is 315 g/mol. The number of hydrogen-bond acceptors (Lipinski definition) is 3. The van der Waals surface area contributed by atoms with Gasteiger partial charge >= 0.3 is 0 Å². The second kappa shape index (κ2) is 6.39. The molecule has 0 heterocycles. The van der Waals surface area contributed by atoms with Crippen molar-refractivity contribution in [3.8, 4) is 0 Å². The second-order valence-corrected chi connectivity index (χ2v) is 5.71. The first-order valence-electron chi connectivity index (χ1n) is 6.75. The molecule has 0 unspecified atom stereocenters. The van der Waals surface area contributed by atoms with Gasteiger partial charge in [0.2, 0.25) is 0 Å². The number of nitrogens with one attached hydrogen (secondary N) is 1. The van der Waals surface area contributed by atoms with Crippen LogP contribution in [0.2, 0.25) is 0 Å². The summed E-state index contributed by atoms with van der Waals surface area (Å²) in [5.41, 5.74) is -0.797. The van der Waals surface area contributed by atoms with Crippen LogP contribution in [0.4, 0.5) is 10.1 Å². The number of halogens is 2. The van der Waals surface area contributed by atoms with Crippen molar-refractivity contribution in [3.63, 3.8) is 0 Å². The quantitative estimate of drug-likeness (QED) is 0.515. The zero-order chi connectivity index (χ0) is 15.5. The molecule has 114 valence electrons. The van der Waals surface area contributed by atoms with Crippen molar-refractivity contribution in [2.24, 2.45) is 5.41 Å². The number of carbonyl (C=O) groups excluding carboxylic acids is 1. The molecule has 0 aliphatic heterocycles. The molecule has 0 aromatic heterocycles. The summed E-state index contributed by atoms with van der Waals surface area (Å²) in [5, 5.41) is 13.6. The first-order valence-corrected chi connectivity index (χ1v) is 7.29. The molecule has 7 heteroatoms. The fraction of sp³-hybridized carbons (Fsp3) is 0.500. The Hall–Kier alpha value is -1.69. The predicted molar refractivity (Wildman–Crippen MR) is 77.0 cm³/mol. The number of nitro groups is 1. The molecule has 1 saturated carbocycles. The highest BCUT2D eigenvalue weighted by Crippen LogP contribution is 2.38. The average Bonchev–Trinajstić information content (AvgIpc) is 2.94. The Morgan fingerprint density at radius 2 is 2.10 bits per heavy atom. The lowest BCUT2D eigenvalue weighted by atomic mass is 9.88. The summed E-state index contributed by atoms with van der Waals surface area (Å²) in [4.78, 5) is 22.3. The summed E-state index contributed by atoms with van der Waals surface area (Å²) in [5.74, 6) is -0.872. The molecule has 0 spiro atoms. The van der Waals surface area contributed by atoms with Gasteiger partial charge in [-0.15, -0.1) is 11.6 Å². The Bertz CT molecular complexity index is 559. The molecule has 1 aliphatic rings. The molecule has 0 bridgehead atoms. The molecule has 1 amide bonds. The zero-order valence-electron chi connectivity index (χ0n) is 11.4. The van der Waals surface area contributed by atoms with Crippen LogP contribution < -0.4 is 5.32 Å². The van der Waals surface area contributed by atoms with Crippen molar-refractivity contribution in [2.45, 2.75) is 25.7 Å². The van der Waals surface area contributed by atoms with Gasteiger partial charge < -0.3 is 5.32 Å². The molecule has 0 saturated heterocycles. The molecular weight excluding hydrogens is 299 g/mol. The molecule has 1 aromatic rings. The maximum Gasteiger partial charge on any atom is 0.285 e. The van der Waals surface area contributed by atoms with Gasteiger partial charge in [-0.1, -0.05) is 12.8 Å². The summed E-state index contributed by atoms with van der Waals surface area (Å²) in [6.07, 6.45) is 4.00. The van der Waals surface area contributed by atoms with Crippen molar-refractivity contribution in [1.82, 2.24) is 5.32 Å². The molecule has 5 nitrogen and oxygen atoms in total. The molecule has 1 fully saturated rings. The zero-order valence-corrected chi connectivity index (χ0v) is 12.2. The van der Waals surface area contributed by atoms with Crippen LogP contribution >= 0.6 is 11.6 Å². The van der Waals surface area contributed by atoms with E-state index < -0.39 is 22.3 Å². The third-order valence-corrected chi connectivity index (χ3v) is 4.54. The van der Waals surface area contributed by atoms with E-state index in [1.165, 1.54) is 0 Å². The molecule has 1 aliphatic carbocycles. The molecule has 21 heavy (non-hydrogen) atoms. The Labute approximate surface area is 126 Å². The normalized spacial score (nSPS) is 16.7. The van der Waals surface area contributed by atoms with Crippen molar-refractivity contribution >= 4 is 23.2 Å². The highest BCUT2D eigenvalue weighted by molar-refractivity contribution is 6.18. The second-order valence-electron chi connectivity index (χ2n) is 5.44. The number of nitrogens with zero attached hydrogens (tertiary/aromatic N) is 1. The maximum atomic E-state index is 13.1. The van der Waals surface area contributed by atoms with E-state index in [2.05, 4.69) is 5.32 Å². The smallest absolute Gasteiger partial charge is 0.285 e. The topological polar surface area (TPSA) is 72.2 Å². The van der Waals surface area contributed by atoms with E-state index in [0.717, 1.165) is 43.9 Å². The number of hydrogen-bond donors (Lipinski definition) is 1. The van der Waals surface area contributed by atoms with Crippen molar-refractivity contribution in [1.29, 1.82) is 0 Å². The molecule has 0 radical (unpaired) electrons. The van der Waals surface area contributed by atoms with Gasteiger partial charge in [0.05, 0.1) is 11.0 Å². The summed E-state index contributed by atoms with van der Waals surface area (Å²) < 4.78 is 13.1. The lowest BCUT2D eigenvalue weighted by Crippen LogP contribution is -2.37. The molecule has 1 N–H and O–H groups in total. The number of carbonyl (C=O) groups is 1. The standard InChI is InChI=1S/C14H16ClFN2O3/c15-8-14(5-1-2-6-14)9-17-13(19)11-4-3-10(16)7-12(11)18(20)21/h3-4,7H,1-2,5-6,8-9H2,(H,17,19). The van der Waals surface area contributed by atoms with Gasteiger partial charge in [0.25, 0.3) is 11.6 Å².